The zero-order chi connectivity index (χ0) is 12.5. The first-order valence-corrected chi connectivity index (χ1v) is 6.38. The first-order valence-electron chi connectivity index (χ1n) is 6.01. The van der Waals surface area contributed by atoms with Gasteiger partial charge in [0.1, 0.15) is 5.82 Å². The predicted molar refractivity (Wildman–Crippen MR) is 72.7 cm³/mol. The number of nitrogens with one attached hydrogen (secondary N) is 1. The third-order valence-corrected chi connectivity index (χ3v) is 3.67. The molecular formula is C15H13ClFN. The lowest BCUT2D eigenvalue weighted by Crippen LogP contribution is -2.19. The zero-order valence-electron chi connectivity index (χ0n) is 9.79. The van der Waals surface area contributed by atoms with E-state index in [0.29, 0.717) is 16.8 Å². The van der Waals surface area contributed by atoms with Gasteiger partial charge in [0.25, 0.3) is 0 Å². The highest BCUT2D eigenvalue weighted by molar-refractivity contribution is 6.33. The Morgan fingerprint density at radius 3 is 2.39 bits per heavy atom. The van der Waals surface area contributed by atoms with Crippen LogP contribution in [0.5, 0.6) is 0 Å². The van der Waals surface area contributed by atoms with Gasteiger partial charge in [-0.25, -0.2) is 4.39 Å². The molecule has 0 fully saturated rings. The molecule has 0 saturated heterocycles. The largest absolute Gasteiger partial charge is 0.380 e. The van der Waals surface area contributed by atoms with E-state index < -0.39 is 0 Å². The molecule has 0 aromatic heterocycles. The highest BCUT2D eigenvalue weighted by Gasteiger charge is 2.21. The average molecular weight is 262 g/mol. The fraction of sp³-hybridized carbons (Fsp3) is 0.200. The van der Waals surface area contributed by atoms with Gasteiger partial charge < -0.3 is 5.32 Å². The maximum atomic E-state index is 13.2. The summed E-state index contributed by atoms with van der Waals surface area (Å²) in [5.74, 6) is -0.266. The summed E-state index contributed by atoms with van der Waals surface area (Å²) in [6.07, 6.45) is 1.92. The lowest BCUT2D eigenvalue weighted by Gasteiger charge is -2.14. The molecule has 2 aromatic rings. The molecule has 0 unspecified atom stereocenters. The highest BCUT2D eigenvalue weighted by atomic mass is 35.5. The molecule has 3 heteroatoms. The molecule has 0 amide bonds. The number of rotatable bonds is 2. The summed E-state index contributed by atoms with van der Waals surface area (Å²) in [5.41, 5.74) is 3.40. The van der Waals surface area contributed by atoms with Gasteiger partial charge in [0, 0.05) is 6.04 Å². The van der Waals surface area contributed by atoms with Crippen molar-refractivity contribution in [2.24, 2.45) is 0 Å². The molecule has 3 rings (SSSR count). The van der Waals surface area contributed by atoms with Crippen LogP contribution < -0.4 is 5.32 Å². The van der Waals surface area contributed by atoms with E-state index in [0.717, 1.165) is 12.8 Å². The summed E-state index contributed by atoms with van der Waals surface area (Å²) in [5, 5.41) is 3.89. The van der Waals surface area contributed by atoms with E-state index in [1.54, 1.807) is 6.07 Å². The standard InChI is InChI=1S/C15H13ClFN/c16-14-6-5-12(17)9-15(14)18-13-7-10-3-1-2-4-11(10)8-13/h1-6,9,13,18H,7-8H2. The highest BCUT2D eigenvalue weighted by Crippen LogP contribution is 2.28. The summed E-state index contributed by atoms with van der Waals surface area (Å²) < 4.78 is 13.2. The first-order chi connectivity index (χ1) is 8.72. The molecule has 92 valence electrons. The third-order valence-electron chi connectivity index (χ3n) is 3.34. The number of halogens is 2. The van der Waals surface area contributed by atoms with Gasteiger partial charge in [-0.3, -0.25) is 0 Å². The topological polar surface area (TPSA) is 12.0 Å². The van der Waals surface area contributed by atoms with E-state index in [4.69, 9.17) is 11.6 Å². The predicted octanol–water partition coefficient (Wildman–Crippen LogP) is 4.06. The molecule has 0 radical (unpaired) electrons. The fourth-order valence-corrected chi connectivity index (χ4v) is 2.66. The molecule has 1 aliphatic carbocycles. The average Bonchev–Trinajstić information content (AvgIpc) is 2.76. The first kappa shape index (κ1) is 11.5. The number of fused-ring (bicyclic) bond motifs is 1. The molecule has 1 aliphatic rings. The van der Waals surface area contributed by atoms with Gasteiger partial charge in [0.15, 0.2) is 0 Å². The Kier molecular flexibility index (Phi) is 2.96. The summed E-state index contributed by atoms with van der Waals surface area (Å²) in [7, 11) is 0. The van der Waals surface area contributed by atoms with Gasteiger partial charge in [0.2, 0.25) is 0 Å². The van der Waals surface area contributed by atoms with Crippen LogP contribution in [0.4, 0.5) is 10.1 Å². The van der Waals surface area contributed by atoms with Crippen molar-refractivity contribution >= 4 is 17.3 Å². The fourth-order valence-electron chi connectivity index (χ4n) is 2.49. The van der Waals surface area contributed by atoms with Gasteiger partial charge in [-0.15, -0.1) is 0 Å². The quantitative estimate of drug-likeness (QED) is 0.860. The molecule has 0 heterocycles. The van der Waals surface area contributed by atoms with Crippen molar-refractivity contribution in [2.75, 3.05) is 5.32 Å². The van der Waals surface area contributed by atoms with Crippen LogP contribution in [0, 0.1) is 5.82 Å². The van der Waals surface area contributed by atoms with Crippen LogP contribution in [0.15, 0.2) is 42.5 Å². The second kappa shape index (κ2) is 4.62. The molecule has 1 N–H and O–H groups in total. The van der Waals surface area contributed by atoms with Crippen LogP contribution in [-0.2, 0) is 12.8 Å². The molecule has 0 spiro atoms. The van der Waals surface area contributed by atoms with E-state index in [1.165, 1.54) is 23.3 Å². The Balaban J connectivity index is 1.78. The minimum absolute atomic E-state index is 0.266. The summed E-state index contributed by atoms with van der Waals surface area (Å²) >= 11 is 6.06. The molecular weight excluding hydrogens is 249 g/mol. The van der Waals surface area contributed by atoms with Crippen molar-refractivity contribution < 1.29 is 4.39 Å². The van der Waals surface area contributed by atoms with E-state index in [2.05, 4.69) is 29.6 Å². The second-order valence-electron chi connectivity index (χ2n) is 4.64. The summed E-state index contributed by atoms with van der Waals surface area (Å²) in [4.78, 5) is 0. The van der Waals surface area contributed by atoms with Crippen LogP contribution in [0.2, 0.25) is 5.02 Å². The van der Waals surface area contributed by atoms with Crippen LogP contribution in [0.3, 0.4) is 0 Å². The van der Waals surface area contributed by atoms with Crippen molar-refractivity contribution in [2.45, 2.75) is 18.9 Å². The summed E-state index contributed by atoms with van der Waals surface area (Å²) in [6.45, 7) is 0. The van der Waals surface area contributed by atoms with Crippen LogP contribution in [0.25, 0.3) is 0 Å². The number of hydrogen-bond acceptors (Lipinski definition) is 1. The van der Waals surface area contributed by atoms with E-state index in [1.807, 2.05) is 0 Å². The Hall–Kier alpha value is -1.54. The van der Waals surface area contributed by atoms with Crippen molar-refractivity contribution in [1.82, 2.24) is 0 Å². The van der Waals surface area contributed by atoms with E-state index in [9.17, 15) is 4.39 Å². The van der Waals surface area contributed by atoms with Crippen LogP contribution in [-0.4, -0.2) is 6.04 Å². The van der Waals surface area contributed by atoms with Crippen molar-refractivity contribution in [3.8, 4) is 0 Å². The molecule has 0 saturated carbocycles. The smallest absolute Gasteiger partial charge is 0.125 e. The molecule has 1 nitrogen and oxygen atoms in total. The number of hydrogen-bond donors (Lipinski definition) is 1. The molecule has 0 aliphatic heterocycles. The summed E-state index contributed by atoms with van der Waals surface area (Å²) in [6, 6.07) is 13.1. The SMILES string of the molecule is Fc1ccc(Cl)c(NC2Cc3ccccc3C2)c1. The zero-order valence-corrected chi connectivity index (χ0v) is 10.5. The van der Waals surface area contributed by atoms with Gasteiger partial charge in [0.05, 0.1) is 10.7 Å². The maximum absolute atomic E-state index is 13.2. The molecule has 2 aromatic carbocycles. The maximum Gasteiger partial charge on any atom is 0.125 e. The lowest BCUT2D eigenvalue weighted by molar-refractivity contribution is 0.627. The van der Waals surface area contributed by atoms with Gasteiger partial charge in [-0.2, -0.15) is 0 Å². The van der Waals surface area contributed by atoms with Crippen LogP contribution >= 0.6 is 11.6 Å². The third kappa shape index (κ3) is 2.21. The monoisotopic (exact) mass is 261 g/mol. The molecule has 0 atom stereocenters. The van der Waals surface area contributed by atoms with Gasteiger partial charge >= 0.3 is 0 Å². The lowest BCUT2D eigenvalue weighted by atomic mass is 10.1. The Morgan fingerprint density at radius 1 is 1.06 bits per heavy atom. The van der Waals surface area contributed by atoms with Gasteiger partial charge in [-0.05, 0) is 42.2 Å². The number of anilines is 1. The van der Waals surface area contributed by atoms with Crippen molar-refractivity contribution in [3.05, 3.63) is 64.4 Å². The van der Waals surface area contributed by atoms with Crippen LogP contribution in [0.1, 0.15) is 11.1 Å². The van der Waals surface area contributed by atoms with E-state index >= 15 is 0 Å². The molecule has 0 bridgehead atoms. The molecule has 18 heavy (non-hydrogen) atoms. The Bertz CT molecular complexity index is 557. The Morgan fingerprint density at radius 2 is 1.72 bits per heavy atom. The Labute approximate surface area is 111 Å². The normalized spacial score (nSPS) is 14.6. The van der Waals surface area contributed by atoms with Crippen molar-refractivity contribution in [1.29, 1.82) is 0 Å². The van der Waals surface area contributed by atoms with Gasteiger partial charge in [-0.1, -0.05) is 35.9 Å². The van der Waals surface area contributed by atoms with Crippen molar-refractivity contribution in [3.63, 3.8) is 0 Å². The minimum Gasteiger partial charge on any atom is -0.380 e. The van der Waals surface area contributed by atoms with E-state index in [-0.39, 0.29) is 5.82 Å². The minimum atomic E-state index is -0.266. The second-order valence-corrected chi connectivity index (χ2v) is 5.05. The number of benzene rings is 2.